The summed E-state index contributed by atoms with van der Waals surface area (Å²) in [5.41, 5.74) is 0.131. The van der Waals surface area contributed by atoms with Gasteiger partial charge in [0.15, 0.2) is 0 Å². The van der Waals surface area contributed by atoms with Gasteiger partial charge in [0, 0.05) is 17.8 Å². The number of aryl methyl sites for hydroxylation is 1. The Kier molecular flexibility index (Phi) is 6.50. The molecule has 0 atom stereocenters. The van der Waals surface area contributed by atoms with Crippen molar-refractivity contribution < 1.29 is 19.2 Å². The molecule has 1 saturated carbocycles. The van der Waals surface area contributed by atoms with Crippen molar-refractivity contribution in [1.29, 1.82) is 0 Å². The van der Waals surface area contributed by atoms with E-state index in [9.17, 15) is 24.5 Å². The first-order chi connectivity index (χ1) is 15.8. The highest BCUT2D eigenvalue weighted by molar-refractivity contribution is 7.20. The summed E-state index contributed by atoms with van der Waals surface area (Å²) in [7, 11) is 0. The number of carbonyl (C=O) groups is 2. The molecular formula is C22H22N4O6S. The van der Waals surface area contributed by atoms with Crippen molar-refractivity contribution in [2.45, 2.75) is 51.7 Å². The molecule has 0 unspecified atom stereocenters. The van der Waals surface area contributed by atoms with Crippen LogP contribution in [0.2, 0.25) is 0 Å². The van der Waals surface area contributed by atoms with Gasteiger partial charge in [0.05, 0.1) is 16.6 Å². The van der Waals surface area contributed by atoms with Crippen LogP contribution in [0.3, 0.4) is 0 Å². The molecule has 1 amide bonds. The number of non-ortho nitro benzene ring substituents is 1. The standard InChI is InChI=1S/C22H22N4O6S/c1-13-18-20(33-19(13)22(29)32-16-8-3-2-4-9-16)23-12-25(21(18)28)11-17(27)24-14-6-5-7-15(10-14)26(30)31/h5-7,10,12,16H,2-4,8-9,11H2,1H3,(H,24,27). The molecule has 2 aromatic heterocycles. The molecular weight excluding hydrogens is 448 g/mol. The molecule has 1 aliphatic rings. The average molecular weight is 471 g/mol. The molecule has 1 N–H and O–H groups in total. The molecule has 0 bridgehead atoms. The number of nitrogens with one attached hydrogen (secondary N) is 1. The summed E-state index contributed by atoms with van der Waals surface area (Å²) in [4.78, 5) is 53.5. The number of amides is 1. The van der Waals surface area contributed by atoms with Gasteiger partial charge in [0.1, 0.15) is 22.4 Å². The Morgan fingerprint density at radius 1 is 1.30 bits per heavy atom. The lowest BCUT2D eigenvalue weighted by molar-refractivity contribution is -0.384. The molecule has 0 spiro atoms. The minimum absolute atomic E-state index is 0.0991. The van der Waals surface area contributed by atoms with Crippen LogP contribution in [0.15, 0.2) is 35.4 Å². The molecule has 10 nitrogen and oxygen atoms in total. The number of aromatic nitrogens is 2. The fourth-order valence-corrected chi connectivity index (χ4v) is 4.93. The summed E-state index contributed by atoms with van der Waals surface area (Å²) in [5.74, 6) is -0.986. The van der Waals surface area contributed by atoms with Crippen LogP contribution < -0.4 is 10.9 Å². The number of esters is 1. The van der Waals surface area contributed by atoms with Crippen LogP contribution >= 0.6 is 11.3 Å². The van der Waals surface area contributed by atoms with Gasteiger partial charge in [0.2, 0.25) is 5.91 Å². The SMILES string of the molecule is Cc1c(C(=O)OC2CCCCC2)sc2ncn(CC(=O)Nc3cccc([N+](=O)[O-])c3)c(=O)c12. The Morgan fingerprint density at radius 2 is 2.06 bits per heavy atom. The fraction of sp³-hybridized carbons (Fsp3) is 0.364. The maximum atomic E-state index is 13.0. The highest BCUT2D eigenvalue weighted by atomic mass is 32.1. The zero-order valence-electron chi connectivity index (χ0n) is 17.9. The van der Waals surface area contributed by atoms with Crippen molar-refractivity contribution in [2.24, 2.45) is 0 Å². The quantitative estimate of drug-likeness (QED) is 0.329. The van der Waals surface area contributed by atoms with E-state index in [0.29, 0.717) is 15.3 Å². The maximum absolute atomic E-state index is 13.0. The van der Waals surface area contributed by atoms with Crippen LogP contribution in [-0.4, -0.2) is 32.5 Å². The third kappa shape index (κ3) is 4.92. The number of fused-ring (bicyclic) bond motifs is 1. The first-order valence-electron chi connectivity index (χ1n) is 10.6. The van der Waals surface area contributed by atoms with Crippen molar-refractivity contribution in [1.82, 2.24) is 9.55 Å². The van der Waals surface area contributed by atoms with E-state index in [1.54, 1.807) is 6.92 Å². The van der Waals surface area contributed by atoms with Crippen molar-refractivity contribution in [3.63, 3.8) is 0 Å². The molecule has 0 aliphatic heterocycles. The zero-order valence-corrected chi connectivity index (χ0v) is 18.7. The molecule has 1 fully saturated rings. The monoisotopic (exact) mass is 470 g/mol. The van der Waals surface area contributed by atoms with E-state index >= 15 is 0 Å². The number of hydrogen-bond acceptors (Lipinski definition) is 8. The third-order valence-corrected chi connectivity index (χ3v) is 6.76. The number of anilines is 1. The van der Waals surface area contributed by atoms with Crippen LogP contribution in [0.1, 0.15) is 47.3 Å². The van der Waals surface area contributed by atoms with Crippen LogP contribution in [0.4, 0.5) is 11.4 Å². The molecule has 4 rings (SSSR count). The van der Waals surface area contributed by atoms with Gasteiger partial charge in [-0.15, -0.1) is 11.3 Å². The van der Waals surface area contributed by atoms with Crippen molar-refractivity contribution in [3.8, 4) is 0 Å². The van der Waals surface area contributed by atoms with Crippen LogP contribution in [0, 0.1) is 17.0 Å². The molecule has 0 saturated heterocycles. The second-order valence-electron chi connectivity index (χ2n) is 7.93. The lowest BCUT2D eigenvalue weighted by atomic mass is 9.98. The van der Waals surface area contributed by atoms with E-state index in [1.165, 1.54) is 30.6 Å². The van der Waals surface area contributed by atoms with Crippen LogP contribution in [0.25, 0.3) is 10.2 Å². The highest BCUT2D eigenvalue weighted by Crippen LogP contribution is 2.29. The minimum atomic E-state index is -0.561. The van der Waals surface area contributed by atoms with Crippen molar-refractivity contribution in [2.75, 3.05) is 5.32 Å². The number of thiophene rings is 1. The molecule has 33 heavy (non-hydrogen) atoms. The van der Waals surface area contributed by atoms with Gasteiger partial charge in [0.25, 0.3) is 11.2 Å². The number of nitrogens with zero attached hydrogens (tertiary/aromatic N) is 3. The third-order valence-electron chi connectivity index (χ3n) is 5.58. The fourth-order valence-electron chi connectivity index (χ4n) is 3.91. The smallest absolute Gasteiger partial charge is 0.348 e. The van der Waals surface area contributed by atoms with E-state index in [-0.39, 0.29) is 29.4 Å². The predicted molar refractivity (Wildman–Crippen MR) is 123 cm³/mol. The van der Waals surface area contributed by atoms with Crippen molar-refractivity contribution in [3.05, 3.63) is 61.5 Å². The second kappa shape index (κ2) is 9.49. The van der Waals surface area contributed by atoms with Crippen molar-refractivity contribution >= 4 is 44.8 Å². The average Bonchev–Trinajstić information content (AvgIpc) is 3.13. The number of carbonyl (C=O) groups excluding carboxylic acids is 2. The lowest BCUT2D eigenvalue weighted by Crippen LogP contribution is -2.28. The van der Waals surface area contributed by atoms with Crippen LogP contribution in [-0.2, 0) is 16.1 Å². The predicted octanol–water partition coefficient (Wildman–Crippen LogP) is 3.80. The summed E-state index contributed by atoms with van der Waals surface area (Å²) in [6, 6.07) is 5.52. The molecule has 3 aromatic rings. The summed E-state index contributed by atoms with van der Waals surface area (Å²) in [5, 5.41) is 13.7. The Labute approximate surface area is 192 Å². The van der Waals surface area contributed by atoms with Gasteiger partial charge in [-0.1, -0.05) is 12.5 Å². The highest BCUT2D eigenvalue weighted by Gasteiger charge is 2.24. The molecule has 2 heterocycles. The first-order valence-corrected chi connectivity index (χ1v) is 11.4. The summed E-state index contributed by atoms with van der Waals surface area (Å²) >= 11 is 1.11. The Morgan fingerprint density at radius 3 is 2.79 bits per heavy atom. The Balaban J connectivity index is 1.53. The lowest BCUT2D eigenvalue weighted by Gasteiger charge is -2.21. The normalized spacial score (nSPS) is 14.2. The number of nitro benzene ring substituents is 1. The van der Waals surface area contributed by atoms with Crippen LogP contribution in [0.5, 0.6) is 0 Å². The van der Waals surface area contributed by atoms with E-state index in [2.05, 4.69) is 10.3 Å². The minimum Gasteiger partial charge on any atom is -0.458 e. The topological polar surface area (TPSA) is 133 Å². The number of ether oxygens (including phenoxy) is 1. The number of hydrogen-bond donors (Lipinski definition) is 1. The van der Waals surface area contributed by atoms with E-state index in [1.807, 2.05) is 0 Å². The van der Waals surface area contributed by atoms with E-state index in [0.717, 1.165) is 48.0 Å². The summed E-state index contributed by atoms with van der Waals surface area (Å²) < 4.78 is 6.78. The molecule has 11 heteroatoms. The van der Waals surface area contributed by atoms with E-state index < -0.39 is 22.4 Å². The van der Waals surface area contributed by atoms with E-state index in [4.69, 9.17) is 4.74 Å². The largest absolute Gasteiger partial charge is 0.458 e. The molecule has 172 valence electrons. The van der Waals surface area contributed by atoms with Gasteiger partial charge in [-0.2, -0.15) is 0 Å². The number of rotatable bonds is 6. The molecule has 1 aromatic carbocycles. The van der Waals surface area contributed by atoms with Gasteiger partial charge < -0.3 is 10.1 Å². The zero-order chi connectivity index (χ0) is 23.5. The summed E-state index contributed by atoms with van der Waals surface area (Å²) in [6.07, 6.45) is 6.07. The second-order valence-corrected chi connectivity index (χ2v) is 8.93. The van der Waals surface area contributed by atoms with Gasteiger partial charge >= 0.3 is 5.97 Å². The van der Waals surface area contributed by atoms with Gasteiger partial charge in [-0.3, -0.25) is 24.3 Å². The molecule has 0 radical (unpaired) electrons. The molecule has 1 aliphatic carbocycles. The maximum Gasteiger partial charge on any atom is 0.348 e. The van der Waals surface area contributed by atoms with Gasteiger partial charge in [-0.25, -0.2) is 9.78 Å². The Hall–Kier alpha value is -3.60. The van der Waals surface area contributed by atoms with Gasteiger partial charge in [-0.05, 0) is 44.2 Å². The Bertz CT molecular complexity index is 1290. The number of nitro groups is 1. The first kappa shape index (κ1) is 22.6. The summed E-state index contributed by atoms with van der Waals surface area (Å²) in [6.45, 7) is 1.34. The number of benzene rings is 1.